The maximum Gasteiger partial charge on any atom is 0.0705 e. The molecule has 0 aliphatic heterocycles. The smallest absolute Gasteiger partial charge is 0.0705 e. The van der Waals surface area contributed by atoms with Crippen LogP contribution in [0.3, 0.4) is 0 Å². The van der Waals surface area contributed by atoms with Crippen molar-refractivity contribution in [3.8, 4) is 0 Å². The highest BCUT2D eigenvalue weighted by Gasteiger charge is 2.00. The lowest BCUT2D eigenvalue weighted by Gasteiger charge is -2.03. The lowest BCUT2D eigenvalue weighted by atomic mass is 10.1. The third-order valence-corrected chi connectivity index (χ3v) is 1.67. The summed E-state index contributed by atoms with van der Waals surface area (Å²) in [7, 11) is 0. The van der Waals surface area contributed by atoms with Gasteiger partial charge in [-0.1, -0.05) is 6.58 Å². The van der Waals surface area contributed by atoms with Gasteiger partial charge in [0.2, 0.25) is 0 Å². The van der Waals surface area contributed by atoms with Crippen LogP contribution in [0.25, 0.3) is 6.08 Å². The largest absolute Gasteiger partial charge is 0.392 e. The average Bonchev–Trinajstić information content (AvgIpc) is 2.04. The fourth-order valence-electron chi connectivity index (χ4n) is 0.991. The number of aromatic nitrogens is 1. The molecular weight excluding hydrogens is 138 g/mol. The van der Waals surface area contributed by atoms with E-state index in [-0.39, 0.29) is 6.61 Å². The number of hydrogen-bond donors (Lipinski definition) is 1. The van der Waals surface area contributed by atoms with Gasteiger partial charge >= 0.3 is 0 Å². The Labute approximate surface area is 66.2 Å². The zero-order valence-corrected chi connectivity index (χ0v) is 6.54. The summed E-state index contributed by atoms with van der Waals surface area (Å²) in [6, 6.07) is 1.87. The monoisotopic (exact) mass is 149 g/mol. The first-order chi connectivity index (χ1) is 5.29. The Morgan fingerprint density at radius 1 is 1.73 bits per heavy atom. The molecular formula is C9H11NO. The molecule has 2 nitrogen and oxygen atoms in total. The molecule has 0 unspecified atom stereocenters. The molecule has 1 N–H and O–H groups in total. The normalized spacial score (nSPS) is 9.64. The predicted molar refractivity (Wildman–Crippen MR) is 45.0 cm³/mol. The second-order valence-corrected chi connectivity index (χ2v) is 2.35. The van der Waals surface area contributed by atoms with Crippen molar-refractivity contribution in [2.75, 3.05) is 0 Å². The molecule has 0 saturated heterocycles. The minimum atomic E-state index is 0.0288. The maximum absolute atomic E-state index is 8.94. The summed E-state index contributed by atoms with van der Waals surface area (Å²) < 4.78 is 0. The predicted octanol–water partition coefficient (Wildman–Crippen LogP) is 1.53. The van der Waals surface area contributed by atoms with Crippen molar-refractivity contribution >= 4 is 6.08 Å². The summed E-state index contributed by atoms with van der Waals surface area (Å²) in [6.45, 7) is 5.58. The molecule has 0 radical (unpaired) electrons. The Bertz CT molecular complexity index is 268. The van der Waals surface area contributed by atoms with Gasteiger partial charge in [0, 0.05) is 11.8 Å². The quantitative estimate of drug-likeness (QED) is 0.691. The van der Waals surface area contributed by atoms with Gasteiger partial charge in [-0.3, -0.25) is 4.98 Å². The lowest BCUT2D eigenvalue weighted by Crippen LogP contribution is -1.94. The van der Waals surface area contributed by atoms with Crippen molar-refractivity contribution in [1.29, 1.82) is 0 Å². The SMILES string of the molecule is C=Cc1nccc(C)c1CO. The van der Waals surface area contributed by atoms with Gasteiger partial charge in [-0.15, -0.1) is 0 Å². The maximum atomic E-state index is 8.94. The van der Waals surface area contributed by atoms with Gasteiger partial charge in [0.1, 0.15) is 0 Å². The van der Waals surface area contributed by atoms with E-state index in [1.807, 2.05) is 13.0 Å². The molecule has 11 heavy (non-hydrogen) atoms. The van der Waals surface area contributed by atoms with Crippen LogP contribution in [-0.4, -0.2) is 10.1 Å². The van der Waals surface area contributed by atoms with E-state index in [0.29, 0.717) is 0 Å². The molecule has 1 rings (SSSR count). The van der Waals surface area contributed by atoms with E-state index in [1.54, 1.807) is 12.3 Å². The Hall–Kier alpha value is -1.15. The van der Waals surface area contributed by atoms with Gasteiger partial charge in [-0.2, -0.15) is 0 Å². The minimum absolute atomic E-state index is 0.0288. The van der Waals surface area contributed by atoms with Crippen molar-refractivity contribution in [2.24, 2.45) is 0 Å². The number of aryl methyl sites for hydroxylation is 1. The highest BCUT2D eigenvalue weighted by atomic mass is 16.3. The van der Waals surface area contributed by atoms with Gasteiger partial charge in [0.15, 0.2) is 0 Å². The van der Waals surface area contributed by atoms with Crippen LogP contribution in [-0.2, 0) is 6.61 Å². The Kier molecular flexibility index (Phi) is 2.39. The average molecular weight is 149 g/mol. The minimum Gasteiger partial charge on any atom is -0.392 e. The van der Waals surface area contributed by atoms with Crippen molar-refractivity contribution in [1.82, 2.24) is 4.98 Å². The van der Waals surface area contributed by atoms with Crippen LogP contribution >= 0.6 is 0 Å². The van der Waals surface area contributed by atoms with E-state index in [2.05, 4.69) is 11.6 Å². The number of rotatable bonds is 2. The summed E-state index contributed by atoms with van der Waals surface area (Å²) in [5.41, 5.74) is 2.69. The lowest BCUT2D eigenvalue weighted by molar-refractivity contribution is 0.280. The molecule has 0 aliphatic carbocycles. The number of hydrogen-bond acceptors (Lipinski definition) is 2. The van der Waals surface area contributed by atoms with Crippen LogP contribution in [0.15, 0.2) is 18.8 Å². The number of aliphatic hydroxyl groups is 1. The molecule has 0 saturated carbocycles. The van der Waals surface area contributed by atoms with Crippen LogP contribution in [0.4, 0.5) is 0 Å². The van der Waals surface area contributed by atoms with Gasteiger partial charge in [0.25, 0.3) is 0 Å². The highest BCUT2D eigenvalue weighted by Crippen LogP contribution is 2.11. The first-order valence-corrected chi connectivity index (χ1v) is 3.47. The molecule has 58 valence electrons. The van der Waals surface area contributed by atoms with Crippen LogP contribution in [0.1, 0.15) is 16.8 Å². The second-order valence-electron chi connectivity index (χ2n) is 2.35. The molecule has 0 aromatic carbocycles. The van der Waals surface area contributed by atoms with Gasteiger partial charge in [0.05, 0.1) is 12.3 Å². The first-order valence-electron chi connectivity index (χ1n) is 3.47. The Morgan fingerprint density at radius 2 is 2.45 bits per heavy atom. The van der Waals surface area contributed by atoms with Crippen molar-refractivity contribution in [2.45, 2.75) is 13.5 Å². The molecule has 0 atom stereocenters. The van der Waals surface area contributed by atoms with Gasteiger partial charge in [-0.25, -0.2) is 0 Å². The van der Waals surface area contributed by atoms with Crippen LogP contribution < -0.4 is 0 Å². The third-order valence-electron chi connectivity index (χ3n) is 1.67. The zero-order valence-electron chi connectivity index (χ0n) is 6.54. The summed E-state index contributed by atoms with van der Waals surface area (Å²) in [6.07, 6.45) is 3.37. The molecule has 0 aliphatic rings. The number of aliphatic hydroxyl groups excluding tert-OH is 1. The van der Waals surface area contributed by atoms with Crippen molar-refractivity contribution in [3.05, 3.63) is 35.7 Å². The number of nitrogens with zero attached hydrogens (tertiary/aromatic N) is 1. The van der Waals surface area contributed by atoms with Crippen LogP contribution in [0, 0.1) is 6.92 Å². The second kappa shape index (κ2) is 3.30. The summed E-state index contributed by atoms with van der Waals surface area (Å²) in [5, 5.41) is 8.94. The molecule has 1 heterocycles. The topological polar surface area (TPSA) is 33.1 Å². The molecule has 2 heteroatoms. The van der Waals surface area contributed by atoms with E-state index in [9.17, 15) is 0 Å². The molecule has 1 aromatic rings. The van der Waals surface area contributed by atoms with Gasteiger partial charge in [-0.05, 0) is 24.6 Å². The van der Waals surface area contributed by atoms with E-state index in [1.165, 1.54) is 0 Å². The van der Waals surface area contributed by atoms with Crippen LogP contribution in [0.5, 0.6) is 0 Å². The molecule has 0 bridgehead atoms. The summed E-state index contributed by atoms with van der Waals surface area (Å²) in [4.78, 5) is 4.05. The van der Waals surface area contributed by atoms with E-state index >= 15 is 0 Å². The van der Waals surface area contributed by atoms with Crippen molar-refractivity contribution < 1.29 is 5.11 Å². The Balaban J connectivity index is 3.23. The summed E-state index contributed by atoms with van der Waals surface area (Å²) in [5.74, 6) is 0. The van der Waals surface area contributed by atoms with Gasteiger partial charge < -0.3 is 5.11 Å². The molecule has 0 spiro atoms. The Morgan fingerprint density at radius 3 is 2.91 bits per heavy atom. The zero-order chi connectivity index (χ0) is 8.27. The third kappa shape index (κ3) is 1.46. The molecule has 1 aromatic heterocycles. The van der Waals surface area contributed by atoms with Crippen LogP contribution in [0.2, 0.25) is 0 Å². The number of pyridine rings is 1. The van der Waals surface area contributed by atoms with Crippen molar-refractivity contribution in [3.63, 3.8) is 0 Å². The molecule has 0 amide bonds. The molecule has 0 fully saturated rings. The van der Waals surface area contributed by atoms with E-state index in [4.69, 9.17) is 5.11 Å². The highest BCUT2D eigenvalue weighted by molar-refractivity contribution is 5.48. The standard InChI is InChI=1S/C9H11NO/c1-3-9-8(6-11)7(2)4-5-10-9/h3-5,11H,1,6H2,2H3. The fourth-order valence-corrected chi connectivity index (χ4v) is 0.991. The van der Waals surface area contributed by atoms with E-state index in [0.717, 1.165) is 16.8 Å². The fraction of sp³-hybridized carbons (Fsp3) is 0.222. The summed E-state index contributed by atoms with van der Waals surface area (Å²) >= 11 is 0. The first kappa shape index (κ1) is 7.95. The van der Waals surface area contributed by atoms with E-state index < -0.39 is 0 Å².